The predicted molar refractivity (Wildman–Crippen MR) is 92.8 cm³/mol. The molecule has 3 aliphatic rings. The molecule has 2 N–H and O–H groups in total. The Labute approximate surface area is 148 Å². The van der Waals surface area contributed by atoms with Gasteiger partial charge in [-0.1, -0.05) is 0 Å². The molecule has 0 bridgehead atoms. The normalized spacial score (nSPS) is 29.7. The quantitative estimate of drug-likeness (QED) is 0.827. The standard InChI is InChI=1S/C19H29N3O3/c1-2-22-12-14(11-21-22)16-15(5-3-10-25-16)17(23)20-13-18(8-9-18)19(24)6-4-7-19/h11-12,15-16,24H,2-10,13H2,1H3,(H,20,23)/t15-,16+/m1/s1. The van der Waals surface area contributed by atoms with Crippen molar-refractivity contribution in [1.29, 1.82) is 0 Å². The molecule has 2 saturated carbocycles. The fourth-order valence-corrected chi connectivity index (χ4v) is 4.46. The number of nitrogens with zero attached hydrogens (tertiary/aromatic N) is 2. The van der Waals surface area contributed by atoms with Crippen LogP contribution in [-0.4, -0.2) is 39.5 Å². The third-order valence-electron chi connectivity index (χ3n) is 6.59. The molecule has 3 fully saturated rings. The summed E-state index contributed by atoms with van der Waals surface area (Å²) in [6.07, 6.45) is 10.3. The zero-order valence-electron chi connectivity index (χ0n) is 15.0. The van der Waals surface area contributed by atoms with Crippen LogP contribution in [0.1, 0.15) is 63.5 Å². The van der Waals surface area contributed by atoms with Gasteiger partial charge in [-0.15, -0.1) is 0 Å². The van der Waals surface area contributed by atoms with E-state index in [1.807, 2.05) is 24.0 Å². The SMILES string of the molecule is CCn1cc([C@@H]2OCCC[C@H]2C(=O)NCC2(C3(O)CCC3)CC2)cn1. The van der Waals surface area contributed by atoms with Crippen molar-refractivity contribution in [2.24, 2.45) is 11.3 Å². The van der Waals surface area contributed by atoms with Gasteiger partial charge >= 0.3 is 0 Å². The minimum Gasteiger partial charge on any atom is -0.389 e. The molecule has 2 atom stereocenters. The molecule has 2 aliphatic carbocycles. The zero-order chi connectivity index (χ0) is 17.5. The number of rotatable bonds is 6. The lowest BCUT2D eigenvalue weighted by atomic mass is 9.68. The van der Waals surface area contributed by atoms with E-state index in [0.717, 1.165) is 57.1 Å². The van der Waals surface area contributed by atoms with Gasteiger partial charge in [-0.05, 0) is 51.9 Å². The first kappa shape index (κ1) is 17.0. The molecule has 138 valence electrons. The molecule has 2 heterocycles. The number of carbonyl (C=O) groups is 1. The molecule has 1 aromatic rings. The van der Waals surface area contributed by atoms with E-state index in [-0.39, 0.29) is 23.3 Å². The number of hydrogen-bond donors (Lipinski definition) is 2. The van der Waals surface area contributed by atoms with Gasteiger partial charge in [0.15, 0.2) is 0 Å². The number of ether oxygens (including phenoxy) is 1. The van der Waals surface area contributed by atoms with E-state index in [4.69, 9.17) is 4.74 Å². The molecule has 0 unspecified atom stereocenters. The van der Waals surface area contributed by atoms with Gasteiger partial charge in [0, 0.05) is 36.9 Å². The summed E-state index contributed by atoms with van der Waals surface area (Å²) in [6.45, 7) is 4.14. The molecule has 0 spiro atoms. The average molecular weight is 347 g/mol. The number of nitrogens with one attached hydrogen (secondary N) is 1. The Morgan fingerprint density at radius 2 is 2.20 bits per heavy atom. The molecule has 6 heteroatoms. The zero-order valence-corrected chi connectivity index (χ0v) is 15.0. The largest absolute Gasteiger partial charge is 0.389 e. The highest BCUT2D eigenvalue weighted by Crippen LogP contribution is 2.60. The van der Waals surface area contributed by atoms with Crippen molar-refractivity contribution in [3.05, 3.63) is 18.0 Å². The molecule has 0 aromatic carbocycles. The van der Waals surface area contributed by atoms with E-state index < -0.39 is 5.60 Å². The van der Waals surface area contributed by atoms with Gasteiger partial charge in [0.05, 0.1) is 23.8 Å². The van der Waals surface area contributed by atoms with Crippen LogP contribution in [0.3, 0.4) is 0 Å². The summed E-state index contributed by atoms with van der Waals surface area (Å²) in [7, 11) is 0. The van der Waals surface area contributed by atoms with Crippen molar-refractivity contribution < 1.29 is 14.6 Å². The second kappa shape index (κ2) is 6.40. The van der Waals surface area contributed by atoms with E-state index in [2.05, 4.69) is 10.4 Å². The number of carbonyl (C=O) groups excluding carboxylic acids is 1. The lowest BCUT2D eigenvalue weighted by Gasteiger charge is -2.44. The Kier molecular flexibility index (Phi) is 4.36. The highest BCUT2D eigenvalue weighted by atomic mass is 16.5. The highest BCUT2D eigenvalue weighted by Gasteiger charge is 2.60. The monoisotopic (exact) mass is 347 g/mol. The molecule has 1 saturated heterocycles. The van der Waals surface area contributed by atoms with E-state index in [0.29, 0.717) is 13.2 Å². The van der Waals surface area contributed by atoms with Crippen LogP contribution in [0, 0.1) is 11.3 Å². The first-order valence-corrected chi connectivity index (χ1v) is 9.71. The summed E-state index contributed by atoms with van der Waals surface area (Å²) in [5.41, 5.74) is 0.379. The Morgan fingerprint density at radius 3 is 2.80 bits per heavy atom. The molecule has 1 aliphatic heterocycles. The van der Waals surface area contributed by atoms with Gasteiger partial charge in [0.1, 0.15) is 0 Å². The van der Waals surface area contributed by atoms with Crippen molar-refractivity contribution in [2.75, 3.05) is 13.2 Å². The summed E-state index contributed by atoms with van der Waals surface area (Å²) >= 11 is 0. The van der Waals surface area contributed by atoms with Gasteiger partial charge in [-0.3, -0.25) is 9.48 Å². The van der Waals surface area contributed by atoms with Crippen LogP contribution in [0.15, 0.2) is 12.4 Å². The predicted octanol–water partition coefficient (Wildman–Crippen LogP) is 2.18. The van der Waals surface area contributed by atoms with Gasteiger partial charge in [-0.25, -0.2) is 0 Å². The second-order valence-corrected chi connectivity index (χ2v) is 8.05. The lowest BCUT2D eigenvalue weighted by Crippen LogP contribution is -2.51. The highest BCUT2D eigenvalue weighted by molar-refractivity contribution is 5.79. The first-order chi connectivity index (χ1) is 12.1. The molecule has 6 nitrogen and oxygen atoms in total. The smallest absolute Gasteiger partial charge is 0.226 e. The van der Waals surface area contributed by atoms with Crippen molar-refractivity contribution in [1.82, 2.24) is 15.1 Å². The van der Waals surface area contributed by atoms with Gasteiger partial charge in [-0.2, -0.15) is 5.10 Å². The second-order valence-electron chi connectivity index (χ2n) is 8.05. The van der Waals surface area contributed by atoms with Crippen molar-refractivity contribution >= 4 is 5.91 Å². The van der Waals surface area contributed by atoms with Crippen LogP contribution in [0.2, 0.25) is 0 Å². The Bertz CT molecular complexity index is 634. The molecular weight excluding hydrogens is 318 g/mol. The maximum absolute atomic E-state index is 12.9. The van der Waals surface area contributed by atoms with Gasteiger partial charge < -0.3 is 15.2 Å². The van der Waals surface area contributed by atoms with Crippen LogP contribution in [-0.2, 0) is 16.1 Å². The molecule has 25 heavy (non-hydrogen) atoms. The van der Waals surface area contributed by atoms with Crippen LogP contribution in [0.25, 0.3) is 0 Å². The lowest BCUT2D eigenvalue weighted by molar-refractivity contribution is -0.137. The topological polar surface area (TPSA) is 76.4 Å². The van der Waals surface area contributed by atoms with E-state index >= 15 is 0 Å². The van der Waals surface area contributed by atoms with Crippen LogP contribution < -0.4 is 5.32 Å². The van der Waals surface area contributed by atoms with Gasteiger partial charge in [0.25, 0.3) is 0 Å². The number of hydrogen-bond acceptors (Lipinski definition) is 4. The minimum absolute atomic E-state index is 0.0585. The van der Waals surface area contributed by atoms with E-state index in [1.54, 1.807) is 0 Å². The van der Waals surface area contributed by atoms with E-state index in [9.17, 15) is 9.90 Å². The third kappa shape index (κ3) is 2.99. The Balaban J connectivity index is 1.41. The molecule has 0 radical (unpaired) electrons. The summed E-state index contributed by atoms with van der Waals surface area (Å²) in [6, 6.07) is 0. The number of aryl methyl sites for hydroxylation is 1. The van der Waals surface area contributed by atoms with Crippen molar-refractivity contribution in [3.8, 4) is 0 Å². The van der Waals surface area contributed by atoms with Crippen molar-refractivity contribution in [2.45, 2.75) is 70.1 Å². The van der Waals surface area contributed by atoms with Crippen LogP contribution in [0.5, 0.6) is 0 Å². The number of amides is 1. The van der Waals surface area contributed by atoms with Crippen LogP contribution in [0.4, 0.5) is 0 Å². The summed E-state index contributed by atoms with van der Waals surface area (Å²) in [5, 5.41) is 18.2. The van der Waals surface area contributed by atoms with Crippen molar-refractivity contribution in [3.63, 3.8) is 0 Å². The summed E-state index contributed by atoms with van der Waals surface area (Å²) < 4.78 is 7.81. The fraction of sp³-hybridized carbons (Fsp3) is 0.789. The van der Waals surface area contributed by atoms with Crippen LogP contribution >= 0.6 is 0 Å². The number of aromatic nitrogens is 2. The maximum atomic E-state index is 12.9. The Morgan fingerprint density at radius 1 is 1.40 bits per heavy atom. The summed E-state index contributed by atoms with van der Waals surface area (Å²) in [4.78, 5) is 12.9. The molecular formula is C19H29N3O3. The average Bonchev–Trinajstić information content (AvgIpc) is 3.26. The molecule has 1 amide bonds. The first-order valence-electron chi connectivity index (χ1n) is 9.71. The molecule has 1 aromatic heterocycles. The summed E-state index contributed by atoms with van der Waals surface area (Å²) in [5.74, 6) is -0.113. The third-order valence-corrected chi connectivity index (χ3v) is 6.59. The Hall–Kier alpha value is -1.40. The molecule has 4 rings (SSSR count). The van der Waals surface area contributed by atoms with Gasteiger partial charge in [0.2, 0.25) is 5.91 Å². The van der Waals surface area contributed by atoms with E-state index in [1.165, 1.54) is 0 Å². The number of aliphatic hydroxyl groups is 1. The minimum atomic E-state index is -0.537. The fourth-order valence-electron chi connectivity index (χ4n) is 4.46. The maximum Gasteiger partial charge on any atom is 0.226 e.